The number of rotatable bonds is 3. The van der Waals surface area contributed by atoms with Gasteiger partial charge in [-0.3, -0.25) is 14.4 Å². The minimum atomic E-state index is -4.45. The van der Waals surface area contributed by atoms with Gasteiger partial charge in [-0.05, 0) is 33.3 Å². The fraction of sp³-hybridized carbons (Fsp3) is 0.381. The van der Waals surface area contributed by atoms with Crippen molar-refractivity contribution in [3.8, 4) is 11.3 Å². The Balaban J connectivity index is 1.57. The van der Waals surface area contributed by atoms with E-state index in [4.69, 9.17) is 0 Å². The molecule has 1 aliphatic rings. The standard InChI is InChI=1S/C21H21F3N8O/c1-4-30-13(3)14(10-26-30)16-5-7-25-19-15(11-27-31(16)19)20(33)29-8-6-17(21(22,23)24)32-18(29)9-12(2)28-32/h5,7,9-11,17H,4,6,8H2,1-3H3/t17-/m0/s1. The van der Waals surface area contributed by atoms with Crippen LogP contribution in [-0.4, -0.2) is 52.8 Å². The third-order valence-corrected chi connectivity index (χ3v) is 5.97. The largest absolute Gasteiger partial charge is 0.410 e. The maximum Gasteiger partial charge on any atom is 0.410 e. The Labute approximate surface area is 186 Å². The molecule has 172 valence electrons. The third-order valence-electron chi connectivity index (χ3n) is 5.97. The van der Waals surface area contributed by atoms with E-state index in [9.17, 15) is 18.0 Å². The van der Waals surface area contributed by atoms with Crippen LogP contribution in [0.4, 0.5) is 19.0 Å². The summed E-state index contributed by atoms with van der Waals surface area (Å²) < 4.78 is 44.8. The lowest BCUT2D eigenvalue weighted by Gasteiger charge is -2.33. The van der Waals surface area contributed by atoms with E-state index in [0.717, 1.165) is 15.9 Å². The summed E-state index contributed by atoms with van der Waals surface area (Å²) in [5.74, 6) is -0.362. The lowest BCUT2D eigenvalue weighted by Crippen LogP contribution is -2.43. The molecule has 4 aromatic heterocycles. The van der Waals surface area contributed by atoms with Crippen LogP contribution in [0.15, 0.2) is 30.7 Å². The van der Waals surface area contributed by atoms with Crippen molar-refractivity contribution in [3.63, 3.8) is 0 Å². The number of alkyl halides is 3. The first-order valence-electron chi connectivity index (χ1n) is 10.5. The molecule has 0 spiro atoms. The van der Waals surface area contributed by atoms with Crippen molar-refractivity contribution < 1.29 is 18.0 Å². The molecule has 1 aliphatic heterocycles. The number of nitrogens with zero attached hydrogens (tertiary/aromatic N) is 8. The van der Waals surface area contributed by atoms with E-state index in [2.05, 4.69) is 20.3 Å². The van der Waals surface area contributed by atoms with Crippen LogP contribution in [0.3, 0.4) is 0 Å². The molecule has 0 saturated heterocycles. The fourth-order valence-electron chi connectivity index (χ4n) is 4.34. The van der Waals surface area contributed by atoms with Gasteiger partial charge in [0.15, 0.2) is 11.7 Å². The number of fused-ring (bicyclic) bond motifs is 2. The van der Waals surface area contributed by atoms with E-state index in [1.165, 1.54) is 17.2 Å². The van der Waals surface area contributed by atoms with Crippen LogP contribution in [-0.2, 0) is 6.54 Å². The summed E-state index contributed by atoms with van der Waals surface area (Å²) in [4.78, 5) is 19.1. The zero-order valence-electron chi connectivity index (χ0n) is 18.2. The molecule has 5 rings (SSSR count). The van der Waals surface area contributed by atoms with Crippen LogP contribution in [0.1, 0.15) is 41.1 Å². The number of anilines is 1. The maximum absolute atomic E-state index is 13.5. The highest BCUT2D eigenvalue weighted by Crippen LogP contribution is 2.40. The molecule has 33 heavy (non-hydrogen) atoms. The van der Waals surface area contributed by atoms with Gasteiger partial charge in [0.05, 0.1) is 23.8 Å². The van der Waals surface area contributed by atoms with Crippen molar-refractivity contribution in [2.45, 2.75) is 46.0 Å². The van der Waals surface area contributed by atoms with Crippen molar-refractivity contribution in [1.82, 2.24) is 34.2 Å². The summed E-state index contributed by atoms with van der Waals surface area (Å²) in [5.41, 5.74) is 3.44. The zero-order chi connectivity index (χ0) is 23.5. The molecule has 9 nitrogen and oxygen atoms in total. The predicted molar refractivity (Wildman–Crippen MR) is 113 cm³/mol. The number of amides is 1. The summed E-state index contributed by atoms with van der Waals surface area (Å²) in [5, 5.41) is 12.7. The van der Waals surface area contributed by atoms with E-state index in [1.54, 1.807) is 29.9 Å². The Morgan fingerprint density at radius 2 is 2.00 bits per heavy atom. The molecule has 1 atom stereocenters. The molecule has 4 aromatic rings. The minimum absolute atomic E-state index is 0.0897. The zero-order valence-corrected chi connectivity index (χ0v) is 18.2. The topological polar surface area (TPSA) is 86.1 Å². The highest BCUT2D eigenvalue weighted by Gasteiger charge is 2.46. The van der Waals surface area contributed by atoms with Crippen LogP contribution in [0.5, 0.6) is 0 Å². The molecule has 1 amide bonds. The van der Waals surface area contributed by atoms with Gasteiger partial charge in [-0.25, -0.2) is 14.2 Å². The van der Waals surface area contributed by atoms with Gasteiger partial charge in [0.25, 0.3) is 5.91 Å². The van der Waals surface area contributed by atoms with Crippen molar-refractivity contribution in [1.29, 1.82) is 0 Å². The monoisotopic (exact) mass is 458 g/mol. The number of aromatic nitrogens is 7. The summed E-state index contributed by atoms with van der Waals surface area (Å²) in [6, 6.07) is 1.51. The normalized spacial score (nSPS) is 16.4. The molecular weight excluding hydrogens is 437 g/mol. The molecule has 0 N–H and O–H groups in total. The maximum atomic E-state index is 13.5. The van der Waals surface area contributed by atoms with Gasteiger partial charge in [-0.2, -0.15) is 28.5 Å². The number of aryl methyl sites for hydroxylation is 2. The van der Waals surface area contributed by atoms with Crippen molar-refractivity contribution in [3.05, 3.63) is 47.7 Å². The Morgan fingerprint density at radius 1 is 1.21 bits per heavy atom. The van der Waals surface area contributed by atoms with Gasteiger partial charge in [-0.1, -0.05) is 0 Å². The fourth-order valence-corrected chi connectivity index (χ4v) is 4.34. The highest BCUT2D eigenvalue weighted by atomic mass is 19.4. The molecule has 12 heteroatoms. The first-order chi connectivity index (χ1) is 15.7. The van der Waals surface area contributed by atoms with Crippen LogP contribution >= 0.6 is 0 Å². The van der Waals surface area contributed by atoms with Crippen LogP contribution in [0, 0.1) is 13.8 Å². The second-order valence-electron chi connectivity index (χ2n) is 7.97. The lowest BCUT2D eigenvalue weighted by molar-refractivity contribution is -0.172. The SMILES string of the molecule is CCn1ncc(-c2ccnc3c(C(=O)N4CC[C@@H](C(F)(F)F)n5nc(C)cc54)cnn23)c1C. The Bertz CT molecular complexity index is 1370. The Hall–Kier alpha value is -3.70. The Morgan fingerprint density at radius 3 is 2.70 bits per heavy atom. The average Bonchev–Trinajstić information content (AvgIpc) is 3.47. The molecule has 0 aliphatic carbocycles. The summed E-state index contributed by atoms with van der Waals surface area (Å²) >= 11 is 0. The van der Waals surface area contributed by atoms with Gasteiger partial charge >= 0.3 is 6.18 Å². The first-order valence-corrected chi connectivity index (χ1v) is 10.5. The second kappa shape index (κ2) is 7.42. The number of carbonyl (C=O) groups is 1. The van der Waals surface area contributed by atoms with Crippen LogP contribution < -0.4 is 4.90 Å². The van der Waals surface area contributed by atoms with Gasteiger partial charge in [-0.15, -0.1) is 0 Å². The number of halogens is 3. The van der Waals surface area contributed by atoms with E-state index in [-0.39, 0.29) is 24.3 Å². The number of hydrogen-bond acceptors (Lipinski definition) is 5. The lowest BCUT2D eigenvalue weighted by atomic mass is 10.1. The number of hydrogen-bond donors (Lipinski definition) is 0. The van der Waals surface area contributed by atoms with Crippen LogP contribution in [0.25, 0.3) is 16.9 Å². The van der Waals surface area contributed by atoms with Gasteiger partial charge in [0.1, 0.15) is 11.4 Å². The molecule has 0 radical (unpaired) electrons. The molecule has 0 unspecified atom stereocenters. The van der Waals surface area contributed by atoms with E-state index < -0.39 is 18.1 Å². The molecule has 0 saturated carbocycles. The van der Waals surface area contributed by atoms with Gasteiger partial charge < -0.3 is 0 Å². The third kappa shape index (κ3) is 3.28. The van der Waals surface area contributed by atoms with E-state index >= 15 is 0 Å². The molecular formula is C21H21F3N8O. The summed E-state index contributed by atoms with van der Waals surface area (Å²) in [7, 11) is 0. The second-order valence-corrected chi connectivity index (χ2v) is 7.97. The molecule has 0 fully saturated rings. The highest BCUT2D eigenvalue weighted by molar-refractivity contribution is 6.09. The molecule has 5 heterocycles. The predicted octanol–water partition coefficient (Wildman–Crippen LogP) is 3.58. The van der Waals surface area contributed by atoms with E-state index in [1.807, 2.05) is 18.5 Å². The molecule has 0 aromatic carbocycles. The summed E-state index contributed by atoms with van der Waals surface area (Å²) in [6.07, 6.45) is -0.0199. The quantitative estimate of drug-likeness (QED) is 0.469. The smallest absolute Gasteiger partial charge is 0.293 e. The molecule has 0 bridgehead atoms. The van der Waals surface area contributed by atoms with Gasteiger partial charge in [0.2, 0.25) is 0 Å². The van der Waals surface area contributed by atoms with Gasteiger partial charge in [0, 0.05) is 36.6 Å². The summed E-state index contributed by atoms with van der Waals surface area (Å²) in [6.45, 7) is 6.16. The first kappa shape index (κ1) is 21.2. The van der Waals surface area contributed by atoms with Crippen molar-refractivity contribution >= 4 is 17.4 Å². The Kier molecular flexibility index (Phi) is 4.76. The van der Waals surface area contributed by atoms with Crippen LogP contribution in [0.2, 0.25) is 0 Å². The van der Waals surface area contributed by atoms with Crippen molar-refractivity contribution in [2.24, 2.45) is 0 Å². The van der Waals surface area contributed by atoms with E-state index in [0.29, 0.717) is 23.6 Å². The van der Waals surface area contributed by atoms with Crippen molar-refractivity contribution in [2.75, 3.05) is 11.4 Å². The minimum Gasteiger partial charge on any atom is -0.293 e. The average molecular weight is 458 g/mol. The number of carbonyl (C=O) groups excluding carboxylic acids is 1.